The van der Waals surface area contributed by atoms with E-state index in [1.54, 1.807) is 22.8 Å². The van der Waals surface area contributed by atoms with Crippen molar-refractivity contribution in [2.45, 2.75) is 64.8 Å². The SMILES string of the molecule is CCCN(C(=O)C1CCCCC1)C(CC)c1nc2ccccc2c(=O)n1-c1ccc(F)cc1. The second kappa shape index (κ2) is 10.3. The number of rotatable bonds is 7. The first-order chi connectivity index (χ1) is 16.0. The van der Waals surface area contributed by atoms with E-state index in [0.717, 1.165) is 32.1 Å². The van der Waals surface area contributed by atoms with E-state index in [4.69, 9.17) is 4.98 Å². The van der Waals surface area contributed by atoms with Crippen LogP contribution in [0.25, 0.3) is 16.6 Å². The molecule has 174 valence electrons. The average molecular weight is 450 g/mol. The zero-order valence-electron chi connectivity index (χ0n) is 19.5. The number of hydrogen-bond acceptors (Lipinski definition) is 3. The van der Waals surface area contributed by atoms with Crippen LogP contribution in [-0.4, -0.2) is 26.9 Å². The Balaban J connectivity index is 1.89. The molecule has 1 amide bonds. The Bertz CT molecular complexity index is 1170. The van der Waals surface area contributed by atoms with Crippen LogP contribution in [0.2, 0.25) is 0 Å². The van der Waals surface area contributed by atoms with Crippen LogP contribution in [0.15, 0.2) is 53.3 Å². The quantitative estimate of drug-likeness (QED) is 0.458. The van der Waals surface area contributed by atoms with Crippen LogP contribution in [0.5, 0.6) is 0 Å². The molecule has 2 aromatic carbocycles. The highest BCUT2D eigenvalue weighted by molar-refractivity contribution is 5.80. The number of aromatic nitrogens is 2. The van der Waals surface area contributed by atoms with Crippen LogP contribution in [0.4, 0.5) is 4.39 Å². The summed E-state index contributed by atoms with van der Waals surface area (Å²) in [7, 11) is 0. The summed E-state index contributed by atoms with van der Waals surface area (Å²) in [5.74, 6) is 0.363. The van der Waals surface area contributed by atoms with Crippen LogP contribution in [0.3, 0.4) is 0 Å². The second-order valence-corrected chi connectivity index (χ2v) is 8.89. The number of carbonyl (C=O) groups is 1. The number of halogens is 1. The van der Waals surface area contributed by atoms with Gasteiger partial charge in [0.15, 0.2) is 0 Å². The molecule has 1 aliphatic carbocycles. The molecule has 1 aliphatic rings. The van der Waals surface area contributed by atoms with Crippen molar-refractivity contribution in [2.75, 3.05) is 6.54 Å². The first-order valence-electron chi connectivity index (χ1n) is 12.1. The van der Waals surface area contributed by atoms with Gasteiger partial charge in [-0.2, -0.15) is 0 Å². The van der Waals surface area contributed by atoms with Crippen LogP contribution in [0, 0.1) is 11.7 Å². The van der Waals surface area contributed by atoms with Crippen molar-refractivity contribution in [1.29, 1.82) is 0 Å². The molecule has 3 aromatic rings. The molecule has 1 aromatic heterocycles. The Hall–Kier alpha value is -3.02. The number of fused-ring (bicyclic) bond motifs is 1. The lowest BCUT2D eigenvalue weighted by atomic mass is 9.87. The van der Waals surface area contributed by atoms with Crippen molar-refractivity contribution in [1.82, 2.24) is 14.5 Å². The van der Waals surface area contributed by atoms with Crippen molar-refractivity contribution in [2.24, 2.45) is 5.92 Å². The van der Waals surface area contributed by atoms with Crippen LogP contribution >= 0.6 is 0 Å². The molecule has 1 atom stereocenters. The number of para-hydroxylation sites is 1. The molecule has 1 heterocycles. The largest absolute Gasteiger partial charge is 0.332 e. The lowest BCUT2D eigenvalue weighted by Gasteiger charge is -2.35. The number of carbonyl (C=O) groups excluding carboxylic acids is 1. The van der Waals surface area contributed by atoms with E-state index in [2.05, 4.69) is 6.92 Å². The van der Waals surface area contributed by atoms with Gasteiger partial charge in [-0.15, -0.1) is 0 Å². The maximum Gasteiger partial charge on any atom is 0.266 e. The summed E-state index contributed by atoms with van der Waals surface area (Å²) in [6.45, 7) is 4.70. The van der Waals surface area contributed by atoms with Gasteiger partial charge in [0.25, 0.3) is 5.56 Å². The Morgan fingerprint density at radius 3 is 2.45 bits per heavy atom. The van der Waals surface area contributed by atoms with Gasteiger partial charge in [0.1, 0.15) is 11.6 Å². The minimum Gasteiger partial charge on any atom is -0.332 e. The summed E-state index contributed by atoms with van der Waals surface area (Å²) in [6, 6.07) is 12.8. The molecule has 33 heavy (non-hydrogen) atoms. The number of benzene rings is 2. The van der Waals surface area contributed by atoms with Gasteiger partial charge in [-0.05, 0) is 62.1 Å². The van der Waals surface area contributed by atoms with Gasteiger partial charge in [-0.3, -0.25) is 14.2 Å². The maximum atomic E-state index is 13.7. The third kappa shape index (κ3) is 4.70. The molecule has 5 nitrogen and oxygen atoms in total. The van der Waals surface area contributed by atoms with E-state index < -0.39 is 0 Å². The number of amides is 1. The fourth-order valence-corrected chi connectivity index (χ4v) is 5.00. The average Bonchev–Trinajstić information content (AvgIpc) is 2.85. The first kappa shape index (κ1) is 23.1. The van der Waals surface area contributed by atoms with E-state index in [1.807, 2.05) is 30.0 Å². The second-order valence-electron chi connectivity index (χ2n) is 8.89. The van der Waals surface area contributed by atoms with E-state index >= 15 is 0 Å². The van der Waals surface area contributed by atoms with Gasteiger partial charge in [0.2, 0.25) is 5.91 Å². The topological polar surface area (TPSA) is 55.2 Å². The molecule has 6 heteroatoms. The molecular formula is C27H32FN3O2. The summed E-state index contributed by atoms with van der Waals surface area (Å²) in [5.41, 5.74) is 0.952. The fraction of sp³-hybridized carbons (Fsp3) is 0.444. The van der Waals surface area contributed by atoms with Crippen molar-refractivity contribution in [3.05, 3.63) is 70.5 Å². The molecule has 1 fully saturated rings. The molecule has 1 saturated carbocycles. The zero-order chi connectivity index (χ0) is 23.4. The molecule has 0 spiro atoms. The Morgan fingerprint density at radius 1 is 1.09 bits per heavy atom. The third-order valence-corrected chi connectivity index (χ3v) is 6.65. The smallest absolute Gasteiger partial charge is 0.266 e. The molecule has 0 bridgehead atoms. The van der Waals surface area contributed by atoms with Gasteiger partial charge >= 0.3 is 0 Å². The summed E-state index contributed by atoms with van der Waals surface area (Å²) >= 11 is 0. The Kier molecular flexibility index (Phi) is 7.21. The predicted molar refractivity (Wildman–Crippen MR) is 129 cm³/mol. The lowest BCUT2D eigenvalue weighted by Crippen LogP contribution is -2.42. The van der Waals surface area contributed by atoms with Crippen LogP contribution in [-0.2, 0) is 4.79 Å². The highest BCUT2D eigenvalue weighted by Gasteiger charge is 2.33. The predicted octanol–water partition coefficient (Wildman–Crippen LogP) is 5.79. The molecule has 0 saturated heterocycles. The van der Waals surface area contributed by atoms with Crippen LogP contribution < -0.4 is 5.56 Å². The van der Waals surface area contributed by atoms with E-state index in [-0.39, 0.29) is 29.2 Å². The maximum absolute atomic E-state index is 13.7. The van der Waals surface area contributed by atoms with E-state index in [9.17, 15) is 14.0 Å². The van der Waals surface area contributed by atoms with Crippen molar-refractivity contribution >= 4 is 16.8 Å². The van der Waals surface area contributed by atoms with Crippen molar-refractivity contribution < 1.29 is 9.18 Å². The molecule has 1 unspecified atom stereocenters. The van der Waals surface area contributed by atoms with E-state index in [0.29, 0.717) is 35.4 Å². The summed E-state index contributed by atoms with van der Waals surface area (Å²) in [6.07, 6.45) is 6.65. The summed E-state index contributed by atoms with van der Waals surface area (Å²) < 4.78 is 15.2. The van der Waals surface area contributed by atoms with Crippen molar-refractivity contribution in [3.63, 3.8) is 0 Å². The summed E-state index contributed by atoms with van der Waals surface area (Å²) in [4.78, 5) is 34.1. The normalized spacial score (nSPS) is 15.5. The lowest BCUT2D eigenvalue weighted by molar-refractivity contribution is -0.139. The van der Waals surface area contributed by atoms with Gasteiger partial charge in [-0.1, -0.05) is 45.2 Å². The summed E-state index contributed by atoms with van der Waals surface area (Å²) in [5, 5.41) is 0.501. The monoisotopic (exact) mass is 449 g/mol. The molecule has 4 rings (SSSR count). The van der Waals surface area contributed by atoms with Crippen molar-refractivity contribution in [3.8, 4) is 5.69 Å². The zero-order valence-corrected chi connectivity index (χ0v) is 19.5. The van der Waals surface area contributed by atoms with Gasteiger partial charge in [-0.25, -0.2) is 9.37 Å². The standard InChI is InChI=1S/C27H32FN3O2/c1-3-18-30(26(32)19-10-6-5-7-11-19)24(4-2)25-29-23-13-9-8-12-22(23)27(33)31(25)21-16-14-20(28)15-17-21/h8-9,12-17,19,24H,3-7,10-11,18H2,1-2H3. The molecule has 0 radical (unpaired) electrons. The van der Waals surface area contributed by atoms with Gasteiger partial charge in [0.05, 0.1) is 22.6 Å². The molecular weight excluding hydrogens is 417 g/mol. The first-order valence-corrected chi connectivity index (χ1v) is 12.1. The van der Waals surface area contributed by atoms with Gasteiger partial charge in [0, 0.05) is 12.5 Å². The minimum absolute atomic E-state index is 0.0331. The van der Waals surface area contributed by atoms with Crippen LogP contribution in [0.1, 0.15) is 70.7 Å². The highest BCUT2D eigenvalue weighted by atomic mass is 19.1. The Morgan fingerprint density at radius 2 is 1.79 bits per heavy atom. The fourth-order valence-electron chi connectivity index (χ4n) is 5.00. The molecule has 0 N–H and O–H groups in total. The highest BCUT2D eigenvalue weighted by Crippen LogP contribution is 2.31. The minimum atomic E-state index is -0.366. The van der Waals surface area contributed by atoms with E-state index in [1.165, 1.54) is 18.6 Å². The Labute approximate surface area is 194 Å². The van der Waals surface area contributed by atoms with Gasteiger partial charge < -0.3 is 4.90 Å². The number of nitrogens with zero attached hydrogens (tertiary/aromatic N) is 3. The third-order valence-electron chi connectivity index (χ3n) is 6.65. The molecule has 0 aliphatic heterocycles. The number of hydrogen-bond donors (Lipinski definition) is 0.